The normalized spacial score (nSPS) is 10.4. The van der Waals surface area contributed by atoms with Crippen LogP contribution in [-0.4, -0.2) is 29.7 Å². The van der Waals surface area contributed by atoms with Gasteiger partial charge in [-0.2, -0.15) is 0 Å². The molecule has 2 rings (SSSR count). The molecule has 0 saturated heterocycles. The quantitative estimate of drug-likeness (QED) is 0.631. The Morgan fingerprint density at radius 1 is 1.39 bits per heavy atom. The number of esters is 1. The minimum Gasteiger partial charge on any atom is -0.494 e. The number of carbonyl (C=O) groups is 1. The van der Waals surface area contributed by atoms with Crippen LogP contribution in [0, 0.1) is 0 Å². The van der Waals surface area contributed by atoms with Crippen LogP contribution in [0.5, 0.6) is 5.75 Å². The summed E-state index contributed by atoms with van der Waals surface area (Å²) in [6.45, 7) is 2.03. The van der Waals surface area contributed by atoms with Crippen molar-refractivity contribution in [2.24, 2.45) is 0 Å². The van der Waals surface area contributed by atoms with Crippen LogP contribution in [0.15, 0.2) is 18.2 Å². The van der Waals surface area contributed by atoms with E-state index in [9.17, 15) is 4.79 Å². The summed E-state index contributed by atoms with van der Waals surface area (Å²) < 4.78 is 10.1. The van der Waals surface area contributed by atoms with Crippen LogP contribution in [0.4, 0.5) is 0 Å². The number of halogens is 1. The molecule has 2 heterocycles. The maximum Gasteiger partial charge on any atom is 0.357 e. The zero-order valence-corrected chi connectivity index (χ0v) is 10.7. The highest BCUT2D eigenvalue weighted by Crippen LogP contribution is 2.25. The number of methoxy groups -OCH3 is 1. The molecule has 94 valence electrons. The lowest BCUT2D eigenvalue weighted by Gasteiger charge is -2.07. The molecule has 0 atom stereocenters. The Kier molecular flexibility index (Phi) is 3.62. The molecule has 2 aromatic heterocycles. The molecule has 0 aliphatic carbocycles. The van der Waals surface area contributed by atoms with Gasteiger partial charge in [-0.05, 0) is 19.1 Å². The van der Waals surface area contributed by atoms with Gasteiger partial charge in [0.05, 0.1) is 19.2 Å². The van der Waals surface area contributed by atoms with Crippen molar-refractivity contribution in [2.45, 2.75) is 6.92 Å². The van der Waals surface area contributed by atoms with E-state index in [1.54, 1.807) is 19.1 Å². The standard InChI is InChI=1S/C12H11ClN2O3/c1-3-18-12(16)8-6-9(17-2)11-7(14-8)4-5-10(13)15-11/h4-6H,3H2,1-2H3. The Morgan fingerprint density at radius 3 is 2.83 bits per heavy atom. The van der Waals surface area contributed by atoms with Gasteiger partial charge in [-0.25, -0.2) is 14.8 Å². The van der Waals surface area contributed by atoms with Crippen molar-refractivity contribution >= 4 is 28.6 Å². The van der Waals surface area contributed by atoms with E-state index < -0.39 is 5.97 Å². The van der Waals surface area contributed by atoms with Crippen molar-refractivity contribution in [3.05, 3.63) is 29.0 Å². The predicted octanol–water partition coefficient (Wildman–Crippen LogP) is 2.47. The summed E-state index contributed by atoms with van der Waals surface area (Å²) in [6, 6.07) is 4.77. The Balaban J connectivity index is 2.59. The van der Waals surface area contributed by atoms with E-state index in [0.717, 1.165) is 0 Å². The summed E-state index contributed by atoms with van der Waals surface area (Å²) in [4.78, 5) is 19.9. The van der Waals surface area contributed by atoms with E-state index in [4.69, 9.17) is 21.1 Å². The van der Waals surface area contributed by atoms with Gasteiger partial charge >= 0.3 is 5.97 Å². The number of ether oxygens (including phenoxy) is 2. The van der Waals surface area contributed by atoms with Crippen molar-refractivity contribution in [3.8, 4) is 5.75 Å². The fourth-order valence-electron chi connectivity index (χ4n) is 1.52. The maximum absolute atomic E-state index is 11.6. The summed E-state index contributed by atoms with van der Waals surface area (Å²) in [6.07, 6.45) is 0. The second kappa shape index (κ2) is 5.18. The third-order valence-corrected chi connectivity index (χ3v) is 2.50. The summed E-state index contributed by atoms with van der Waals surface area (Å²) in [5.74, 6) is -0.0572. The van der Waals surface area contributed by atoms with Gasteiger partial charge in [-0.3, -0.25) is 0 Å². The van der Waals surface area contributed by atoms with Gasteiger partial charge in [0.1, 0.15) is 16.4 Å². The molecule has 6 heteroatoms. The van der Waals surface area contributed by atoms with Crippen LogP contribution in [0.3, 0.4) is 0 Å². The number of pyridine rings is 2. The third kappa shape index (κ3) is 2.36. The lowest BCUT2D eigenvalue weighted by atomic mass is 10.2. The molecule has 0 aromatic carbocycles. The molecule has 0 amide bonds. The molecule has 0 bridgehead atoms. The molecule has 0 saturated carbocycles. The van der Waals surface area contributed by atoms with Gasteiger partial charge in [-0.1, -0.05) is 11.6 Å². The molecule has 5 nitrogen and oxygen atoms in total. The Labute approximate surface area is 109 Å². The minimum atomic E-state index is -0.493. The van der Waals surface area contributed by atoms with E-state index in [2.05, 4.69) is 9.97 Å². The third-order valence-electron chi connectivity index (χ3n) is 2.29. The molecule has 0 unspecified atom stereocenters. The zero-order chi connectivity index (χ0) is 13.1. The predicted molar refractivity (Wildman–Crippen MR) is 67.1 cm³/mol. The maximum atomic E-state index is 11.6. The molecule has 0 aliphatic heterocycles. The molecule has 0 N–H and O–H groups in total. The average molecular weight is 267 g/mol. The van der Waals surface area contributed by atoms with Crippen LogP contribution >= 0.6 is 11.6 Å². The van der Waals surface area contributed by atoms with Crippen molar-refractivity contribution < 1.29 is 14.3 Å². The van der Waals surface area contributed by atoms with Crippen molar-refractivity contribution in [1.82, 2.24) is 9.97 Å². The number of rotatable bonds is 3. The van der Waals surface area contributed by atoms with Crippen LogP contribution in [0.25, 0.3) is 11.0 Å². The van der Waals surface area contributed by atoms with E-state index in [1.807, 2.05) is 0 Å². The van der Waals surface area contributed by atoms with E-state index in [-0.39, 0.29) is 5.69 Å². The fraction of sp³-hybridized carbons (Fsp3) is 0.250. The second-order valence-corrected chi connectivity index (χ2v) is 3.82. The summed E-state index contributed by atoms with van der Waals surface area (Å²) in [7, 11) is 1.49. The van der Waals surface area contributed by atoms with Crippen LogP contribution in [0.2, 0.25) is 5.15 Å². The molecular formula is C12H11ClN2O3. The van der Waals surface area contributed by atoms with Gasteiger partial charge in [0, 0.05) is 6.07 Å². The van der Waals surface area contributed by atoms with Gasteiger partial charge in [0.15, 0.2) is 5.69 Å². The highest BCUT2D eigenvalue weighted by Gasteiger charge is 2.14. The molecule has 0 aliphatic rings. The van der Waals surface area contributed by atoms with Gasteiger partial charge < -0.3 is 9.47 Å². The smallest absolute Gasteiger partial charge is 0.357 e. The highest BCUT2D eigenvalue weighted by molar-refractivity contribution is 6.29. The summed E-state index contributed by atoms with van der Waals surface area (Å²) in [5, 5.41) is 0.339. The lowest BCUT2D eigenvalue weighted by molar-refractivity contribution is 0.0519. The topological polar surface area (TPSA) is 61.3 Å². The van der Waals surface area contributed by atoms with Crippen LogP contribution < -0.4 is 4.74 Å². The average Bonchev–Trinajstić information content (AvgIpc) is 2.37. The van der Waals surface area contributed by atoms with E-state index in [1.165, 1.54) is 13.2 Å². The minimum absolute atomic E-state index is 0.185. The van der Waals surface area contributed by atoms with Crippen molar-refractivity contribution in [2.75, 3.05) is 13.7 Å². The number of fused-ring (bicyclic) bond motifs is 1. The molecule has 0 fully saturated rings. The first-order chi connectivity index (χ1) is 8.65. The number of aromatic nitrogens is 2. The first-order valence-electron chi connectivity index (χ1n) is 5.34. The first kappa shape index (κ1) is 12.6. The van der Waals surface area contributed by atoms with Crippen LogP contribution in [-0.2, 0) is 4.74 Å². The summed E-state index contributed by atoms with van der Waals surface area (Å²) >= 11 is 5.81. The molecule has 0 radical (unpaired) electrons. The zero-order valence-electron chi connectivity index (χ0n) is 9.94. The number of carbonyl (C=O) groups excluding carboxylic acids is 1. The largest absolute Gasteiger partial charge is 0.494 e. The monoisotopic (exact) mass is 266 g/mol. The highest BCUT2D eigenvalue weighted by atomic mass is 35.5. The van der Waals surface area contributed by atoms with Gasteiger partial charge in [0.25, 0.3) is 0 Å². The van der Waals surface area contributed by atoms with Gasteiger partial charge in [-0.15, -0.1) is 0 Å². The van der Waals surface area contributed by atoms with Gasteiger partial charge in [0.2, 0.25) is 0 Å². The van der Waals surface area contributed by atoms with E-state index in [0.29, 0.717) is 28.5 Å². The van der Waals surface area contributed by atoms with Crippen LogP contribution in [0.1, 0.15) is 17.4 Å². The molecule has 0 spiro atoms. The first-order valence-corrected chi connectivity index (χ1v) is 5.72. The lowest BCUT2D eigenvalue weighted by Crippen LogP contribution is -2.08. The second-order valence-electron chi connectivity index (χ2n) is 3.43. The number of hydrogen-bond acceptors (Lipinski definition) is 5. The summed E-state index contributed by atoms with van der Waals surface area (Å²) in [5.41, 5.74) is 1.23. The molecule has 2 aromatic rings. The Morgan fingerprint density at radius 2 is 2.17 bits per heavy atom. The Hall–Kier alpha value is -1.88. The molecular weight excluding hydrogens is 256 g/mol. The fourth-order valence-corrected chi connectivity index (χ4v) is 1.67. The molecule has 18 heavy (non-hydrogen) atoms. The Bertz CT molecular complexity index is 601. The van der Waals surface area contributed by atoms with Crippen molar-refractivity contribution in [1.29, 1.82) is 0 Å². The number of hydrogen-bond donors (Lipinski definition) is 0. The van der Waals surface area contributed by atoms with Crippen molar-refractivity contribution in [3.63, 3.8) is 0 Å². The number of nitrogens with zero attached hydrogens (tertiary/aromatic N) is 2. The van der Waals surface area contributed by atoms with E-state index >= 15 is 0 Å². The SMILES string of the molecule is CCOC(=O)c1cc(OC)c2nc(Cl)ccc2n1.